The lowest BCUT2D eigenvalue weighted by Crippen LogP contribution is -2.45. The predicted molar refractivity (Wildman–Crippen MR) is 82.6 cm³/mol. The molecule has 1 amide bonds. The summed E-state index contributed by atoms with van der Waals surface area (Å²) >= 11 is 3.46. The van der Waals surface area contributed by atoms with Gasteiger partial charge in [0.05, 0.1) is 6.42 Å². The molecule has 0 bridgehead atoms. The molecule has 104 valence electrons. The molecule has 0 saturated heterocycles. The van der Waals surface area contributed by atoms with Crippen molar-refractivity contribution in [1.82, 2.24) is 4.90 Å². The molecule has 1 fully saturated rings. The van der Waals surface area contributed by atoms with Gasteiger partial charge in [-0.15, -0.1) is 0 Å². The smallest absolute Gasteiger partial charge is 0.227 e. The molecule has 0 N–H and O–H groups in total. The molecule has 0 aromatic heterocycles. The number of nitrogens with zero attached hydrogens (tertiary/aromatic N) is 1. The van der Waals surface area contributed by atoms with Crippen LogP contribution in [0.3, 0.4) is 0 Å². The molecular formula is C16H22BrNO. The highest BCUT2D eigenvalue weighted by Crippen LogP contribution is 2.26. The molecule has 0 radical (unpaired) electrons. The standard InChI is InChI=1S/C16H22BrNO/c1-13-6-2-3-7-14(13)12-16(19)18(11-5-10-17)15-8-4-9-15/h2-3,6-7,15H,4-5,8-12H2,1H3. The minimum Gasteiger partial charge on any atom is -0.339 e. The molecule has 0 spiro atoms. The van der Waals surface area contributed by atoms with Gasteiger partial charge in [-0.1, -0.05) is 40.2 Å². The molecule has 19 heavy (non-hydrogen) atoms. The third kappa shape index (κ3) is 3.82. The van der Waals surface area contributed by atoms with Gasteiger partial charge in [-0.2, -0.15) is 0 Å². The van der Waals surface area contributed by atoms with E-state index in [0.717, 1.165) is 23.9 Å². The van der Waals surface area contributed by atoms with Gasteiger partial charge in [0.25, 0.3) is 0 Å². The summed E-state index contributed by atoms with van der Waals surface area (Å²) in [5.41, 5.74) is 2.38. The molecule has 0 aliphatic heterocycles. The van der Waals surface area contributed by atoms with Crippen molar-refractivity contribution in [3.05, 3.63) is 35.4 Å². The van der Waals surface area contributed by atoms with E-state index in [4.69, 9.17) is 0 Å². The quantitative estimate of drug-likeness (QED) is 0.731. The van der Waals surface area contributed by atoms with Crippen molar-refractivity contribution in [2.24, 2.45) is 0 Å². The zero-order valence-electron chi connectivity index (χ0n) is 11.6. The van der Waals surface area contributed by atoms with Crippen LogP contribution in [0.1, 0.15) is 36.8 Å². The Morgan fingerprint density at radius 1 is 1.37 bits per heavy atom. The normalized spacial score (nSPS) is 15.1. The van der Waals surface area contributed by atoms with E-state index in [1.54, 1.807) is 0 Å². The second-order valence-corrected chi connectivity index (χ2v) is 6.11. The van der Waals surface area contributed by atoms with Crippen LogP contribution in [0, 0.1) is 6.92 Å². The number of amides is 1. The first kappa shape index (κ1) is 14.6. The molecule has 0 heterocycles. The summed E-state index contributed by atoms with van der Waals surface area (Å²) in [6, 6.07) is 8.68. The van der Waals surface area contributed by atoms with E-state index in [1.165, 1.54) is 24.8 Å². The Morgan fingerprint density at radius 2 is 2.11 bits per heavy atom. The van der Waals surface area contributed by atoms with E-state index in [0.29, 0.717) is 18.4 Å². The van der Waals surface area contributed by atoms with Crippen molar-refractivity contribution in [1.29, 1.82) is 0 Å². The molecular weight excluding hydrogens is 302 g/mol. The fourth-order valence-corrected chi connectivity index (χ4v) is 2.76. The predicted octanol–water partition coefficient (Wildman–Crippen LogP) is 3.70. The number of alkyl halides is 1. The van der Waals surface area contributed by atoms with Crippen molar-refractivity contribution in [2.75, 3.05) is 11.9 Å². The Labute approximate surface area is 124 Å². The molecule has 1 aliphatic carbocycles. The van der Waals surface area contributed by atoms with Gasteiger partial charge in [-0.25, -0.2) is 0 Å². The topological polar surface area (TPSA) is 20.3 Å². The van der Waals surface area contributed by atoms with Crippen LogP contribution in [-0.2, 0) is 11.2 Å². The van der Waals surface area contributed by atoms with Crippen LogP contribution in [-0.4, -0.2) is 28.7 Å². The van der Waals surface area contributed by atoms with E-state index in [1.807, 2.05) is 12.1 Å². The molecule has 3 heteroatoms. The van der Waals surface area contributed by atoms with Gasteiger partial charge < -0.3 is 4.90 Å². The van der Waals surface area contributed by atoms with Gasteiger partial charge in [0.2, 0.25) is 5.91 Å². The summed E-state index contributed by atoms with van der Waals surface area (Å²) in [5, 5.41) is 0.966. The van der Waals surface area contributed by atoms with Gasteiger partial charge in [0, 0.05) is 17.9 Å². The monoisotopic (exact) mass is 323 g/mol. The molecule has 0 unspecified atom stereocenters. The Bertz CT molecular complexity index is 429. The number of benzene rings is 1. The third-order valence-corrected chi connectivity index (χ3v) is 4.53. The number of carbonyl (C=O) groups excluding carboxylic acids is 1. The maximum absolute atomic E-state index is 12.5. The number of rotatable bonds is 6. The van der Waals surface area contributed by atoms with Crippen LogP contribution < -0.4 is 0 Å². The van der Waals surface area contributed by atoms with Crippen LogP contribution in [0.2, 0.25) is 0 Å². The molecule has 1 aromatic carbocycles. The fourth-order valence-electron chi connectivity index (χ4n) is 2.51. The summed E-state index contributed by atoms with van der Waals surface area (Å²) in [5.74, 6) is 0.292. The number of aryl methyl sites for hydroxylation is 1. The number of carbonyl (C=O) groups is 1. The van der Waals surface area contributed by atoms with Crippen LogP contribution >= 0.6 is 15.9 Å². The maximum Gasteiger partial charge on any atom is 0.227 e. The first-order valence-electron chi connectivity index (χ1n) is 7.12. The van der Waals surface area contributed by atoms with Crippen LogP contribution in [0.4, 0.5) is 0 Å². The Kier molecular flexibility index (Phi) is 5.44. The summed E-state index contributed by atoms with van der Waals surface area (Å²) in [4.78, 5) is 14.6. The molecule has 2 rings (SSSR count). The molecule has 1 aromatic rings. The van der Waals surface area contributed by atoms with E-state index >= 15 is 0 Å². The van der Waals surface area contributed by atoms with Crippen molar-refractivity contribution in [2.45, 2.75) is 45.1 Å². The van der Waals surface area contributed by atoms with Crippen molar-refractivity contribution >= 4 is 21.8 Å². The van der Waals surface area contributed by atoms with E-state index < -0.39 is 0 Å². The van der Waals surface area contributed by atoms with Gasteiger partial charge in [0.1, 0.15) is 0 Å². The summed E-state index contributed by atoms with van der Waals surface area (Å²) in [6.45, 7) is 2.97. The lowest BCUT2D eigenvalue weighted by atomic mass is 9.90. The van der Waals surface area contributed by atoms with Crippen molar-refractivity contribution < 1.29 is 4.79 Å². The highest BCUT2D eigenvalue weighted by molar-refractivity contribution is 9.09. The SMILES string of the molecule is Cc1ccccc1CC(=O)N(CCCBr)C1CCC1. The highest BCUT2D eigenvalue weighted by atomic mass is 79.9. The molecule has 0 atom stereocenters. The molecule has 1 aliphatic rings. The van der Waals surface area contributed by atoms with E-state index in [2.05, 4.69) is 39.9 Å². The van der Waals surface area contributed by atoms with Crippen LogP contribution in [0.5, 0.6) is 0 Å². The van der Waals surface area contributed by atoms with Crippen molar-refractivity contribution in [3.63, 3.8) is 0 Å². The van der Waals surface area contributed by atoms with Gasteiger partial charge in [-0.3, -0.25) is 4.79 Å². The number of hydrogen-bond acceptors (Lipinski definition) is 1. The first-order valence-corrected chi connectivity index (χ1v) is 8.24. The first-order chi connectivity index (χ1) is 9.22. The second-order valence-electron chi connectivity index (χ2n) is 5.32. The van der Waals surface area contributed by atoms with Gasteiger partial charge in [-0.05, 0) is 43.7 Å². The summed E-state index contributed by atoms with van der Waals surface area (Å²) < 4.78 is 0. The Hall–Kier alpha value is -0.830. The van der Waals surface area contributed by atoms with Crippen LogP contribution in [0.15, 0.2) is 24.3 Å². The lowest BCUT2D eigenvalue weighted by molar-refractivity contribution is -0.134. The largest absolute Gasteiger partial charge is 0.339 e. The summed E-state index contributed by atoms with van der Waals surface area (Å²) in [6.07, 6.45) is 5.22. The lowest BCUT2D eigenvalue weighted by Gasteiger charge is -2.37. The minimum atomic E-state index is 0.292. The van der Waals surface area contributed by atoms with E-state index in [9.17, 15) is 4.79 Å². The van der Waals surface area contributed by atoms with Crippen LogP contribution in [0.25, 0.3) is 0 Å². The minimum absolute atomic E-state index is 0.292. The van der Waals surface area contributed by atoms with Gasteiger partial charge in [0.15, 0.2) is 0 Å². The van der Waals surface area contributed by atoms with E-state index in [-0.39, 0.29) is 0 Å². The van der Waals surface area contributed by atoms with Crippen molar-refractivity contribution in [3.8, 4) is 0 Å². The zero-order valence-corrected chi connectivity index (χ0v) is 13.2. The number of halogens is 1. The number of hydrogen-bond donors (Lipinski definition) is 0. The third-order valence-electron chi connectivity index (χ3n) is 3.97. The maximum atomic E-state index is 12.5. The average Bonchev–Trinajstić information content (AvgIpc) is 2.34. The average molecular weight is 324 g/mol. The fraction of sp³-hybridized carbons (Fsp3) is 0.562. The Morgan fingerprint density at radius 3 is 2.68 bits per heavy atom. The second kappa shape index (κ2) is 7.09. The molecule has 1 saturated carbocycles. The molecule has 2 nitrogen and oxygen atoms in total. The zero-order chi connectivity index (χ0) is 13.7. The summed E-state index contributed by atoms with van der Waals surface area (Å²) in [7, 11) is 0. The Balaban J connectivity index is 2.00. The van der Waals surface area contributed by atoms with Gasteiger partial charge >= 0.3 is 0 Å². The highest BCUT2D eigenvalue weighted by Gasteiger charge is 2.28.